The van der Waals surface area contributed by atoms with Crippen molar-refractivity contribution in [1.29, 1.82) is 0 Å². The fourth-order valence-corrected chi connectivity index (χ4v) is 2.41. The van der Waals surface area contributed by atoms with Crippen LogP contribution in [-0.4, -0.2) is 17.8 Å². The largest absolute Gasteiger partial charge is 0.457 e. The molecule has 0 bridgehead atoms. The van der Waals surface area contributed by atoms with E-state index in [1.54, 1.807) is 0 Å². The Morgan fingerprint density at radius 2 is 1.80 bits per heavy atom. The first kappa shape index (κ1) is 13.2. The second kappa shape index (κ2) is 6.07. The Morgan fingerprint density at radius 3 is 2.60 bits per heavy atom. The Balaban J connectivity index is 1.75. The summed E-state index contributed by atoms with van der Waals surface area (Å²) in [5.41, 5.74) is 1.05. The highest BCUT2D eigenvalue weighted by atomic mass is 16.5. The van der Waals surface area contributed by atoms with Crippen LogP contribution < -0.4 is 4.74 Å². The molecule has 1 aliphatic rings. The average Bonchev–Trinajstić information content (AvgIpc) is 2.49. The number of aliphatic hydroxyl groups excluding tert-OH is 1. The molecule has 0 saturated carbocycles. The molecule has 2 atom stereocenters. The number of hydrogen-bond donors (Lipinski definition) is 1. The van der Waals surface area contributed by atoms with E-state index in [2.05, 4.69) is 0 Å². The van der Waals surface area contributed by atoms with Crippen molar-refractivity contribution >= 4 is 0 Å². The van der Waals surface area contributed by atoms with Gasteiger partial charge in [-0.2, -0.15) is 0 Å². The highest BCUT2D eigenvalue weighted by Crippen LogP contribution is 2.31. The van der Waals surface area contributed by atoms with Gasteiger partial charge in [0.25, 0.3) is 0 Å². The maximum absolute atomic E-state index is 9.73. The highest BCUT2D eigenvalue weighted by Gasteiger charge is 2.22. The zero-order valence-electron chi connectivity index (χ0n) is 11.2. The Hall–Kier alpha value is -1.84. The van der Waals surface area contributed by atoms with Gasteiger partial charge in [-0.3, -0.25) is 0 Å². The number of hydrogen-bond acceptors (Lipinski definition) is 3. The second-order valence-corrected chi connectivity index (χ2v) is 5.03. The Morgan fingerprint density at radius 1 is 1.00 bits per heavy atom. The molecule has 1 heterocycles. The Bertz CT molecular complexity index is 553. The third kappa shape index (κ3) is 3.18. The van der Waals surface area contributed by atoms with E-state index in [-0.39, 0.29) is 12.2 Å². The number of ether oxygens (including phenoxy) is 2. The molecular formula is C17H18O3. The van der Waals surface area contributed by atoms with Crippen molar-refractivity contribution in [2.24, 2.45) is 0 Å². The maximum atomic E-state index is 9.73. The summed E-state index contributed by atoms with van der Waals surface area (Å²) in [6.45, 7) is 0.607. The number of benzene rings is 2. The van der Waals surface area contributed by atoms with E-state index >= 15 is 0 Å². The van der Waals surface area contributed by atoms with Crippen LogP contribution in [-0.2, 0) is 4.74 Å². The number of aliphatic hydroxyl groups is 1. The zero-order valence-corrected chi connectivity index (χ0v) is 11.2. The van der Waals surface area contributed by atoms with Crippen molar-refractivity contribution < 1.29 is 14.6 Å². The van der Waals surface area contributed by atoms with Gasteiger partial charge in [-0.25, -0.2) is 0 Å². The first-order chi connectivity index (χ1) is 9.81. The Kier molecular flexibility index (Phi) is 4.00. The molecule has 3 nitrogen and oxygen atoms in total. The first-order valence-corrected chi connectivity index (χ1v) is 6.94. The summed E-state index contributed by atoms with van der Waals surface area (Å²) in [7, 11) is 0. The minimum absolute atomic E-state index is 0.0435. The van der Waals surface area contributed by atoms with Crippen LogP contribution in [0, 0.1) is 0 Å². The molecule has 0 unspecified atom stereocenters. The van der Waals surface area contributed by atoms with E-state index in [9.17, 15) is 5.11 Å². The smallest absolute Gasteiger partial charge is 0.127 e. The molecule has 3 heteroatoms. The molecule has 1 fully saturated rings. The Labute approximate surface area is 118 Å². The van der Waals surface area contributed by atoms with Crippen molar-refractivity contribution in [3.63, 3.8) is 0 Å². The van der Waals surface area contributed by atoms with Gasteiger partial charge < -0.3 is 14.6 Å². The van der Waals surface area contributed by atoms with Crippen LogP contribution in [0.25, 0.3) is 0 Å². The fourth-order valence-electron chi connectivity index (χ4n) is 2.41. The van der Waals surface area contributed by atoms with Gasteiger partial charge >= 0.3 is 0 Å². The lowest BCUT2D eigenvalue weighted by Crippen LogP contribution is -2.23. The number of rotatable bonds is 3. The topological polar surface area (TPSA) is 38.7 Å². The molecule has 0 amide bonds. The van der Waals surface area contributed by atoms with Crippen LogP contribution in [0.1, 0.15) is 24.5 Å². The van der Waals surface area contributed by atoms with Crippen molar-refractivity contribution in [1.82, 2.24) is 0 Å². The van der Waals surface area contributed by atoms with Gasteiger partial charge in [0.2, 0.25) is 0 Å². The van der Waals surface area contributed by atoms with Crippen LogP contribution in [0.5, 0.6) is 11.5 Å². The summed E-state index contributed by atoms with van der Waals surface area (Å²) in [5, 5.41) is 9.73. The van der Waals surface area contributed by atoms with Crippen LogP contribution in [0.4, 0.5) is 0 Å². The average molecular weight is 270 g/mol. The lowest BCUT2D eigenvalue weighted by Gasteiger charge is -2.27. The summed E-state index contributed by atoms with van der Waals surface area (Å²) in [6, 6.07) is 17.6. The molecule has 0 spiro atoms. The summed E-state index contributed by atoms with van der Waals surface area (Å²) in [5.74, 6) is 1.60. The van der Waals surface area contributed by atoms with Crippen molar-refractivity contribution in [2.75, 3.05) is 6.61 Å². The van der Waals surface area contributed by atoms with Crippen LogP contribution >= 0.6 is 0 Å². The van der Waals surface area contributed by atoms with Gasteiger partial charge in [-0.15, -0.1) is 0 Å². The van der Waals surface area contributed by atoms with E-state index in [0.717, 1.165) is 23.5 Å². The lowest BCUT2D eigenvalue weighted by molar-refractivity contribution is -0.0448. The monoisotopic (exact) mass is 270 g/mol. The molecule has 0 aromatic heterocycles. The third-order valence-electron chi connectivity index (χ3n) is 3.47. The molecule has 3 rings (SSSR count). The third-order valence-corrected chi connectivity index (χ3v) is 3.47. The SMILES string of the molecule is O[C@H]1CCO[C@@H](c2cccc(Oc3ccccc3)c2)C1. The van der Waals surface area contributed by atoms with Crippen molar-refractivity contribution in [2.45, 2.75) is 25.0 Å². The lowest BCUT2D eigenvalue weighted by atomic mass is 9.99. The van der Waals surface area contributed by atoms with Gasteiger partial charge in [-0.05, 0) is 36.2 Å². The second-order valence-electron chi connectivity index (χ2n) is 5.03. The predicted octanol–water partition coefficient (Wildman–Crippen LogP) is 3.69. The van der Waals surface area contributed by atoms with Gasteiger partial charge in [0.1, 0.15) is 11.5 Å². The van der Waals surface area contributed by atoms with Crippen LogP contribution in [0.15, 0.2) is 54.6 Å². The van der Waals surface area contributed by atoms with Gasteiger partial charge in [0, 0.05) is 13.0 Å². The number of para-hydroxylation sites is 1. The minimum Gasteiger partial charge on any atom is -0.457 e. The molecule has 0 radical (unpaired) electrons. The molecule has 0 aliphatic carbocycles. The minimum atomic E-state index is -0.271. The highest BCUT2D eigenvalue weighted by molar-refractivity contribution is 5.34. The first-order valence-electron chi connectivity index (χ1n) is 6.94. The van der Waals surface area contributed by atoms with E-state index in [1.165, 1.54) is 0 Å². The summed E-state index contributed by atoms with van der Waals surface area (Å²) in [6.07, 6.45) is 1.05. The standard InChI is InChI=1S/C17H18O3/c18-14-9-10-19-17(12-14)13-5-4-8-16(11-13)20-15-6-2-1-3-7-15/h1-8,11,14,17-18H,9-10,12H2/t14-,17+/m0/s1. The molecule has 1 N–H and O–H groups in total. The fraction of sp³-hybridized carbons (Fsp3) is 0.294. The molecule has 2 aromatic carbocycles. The summed E-state index contributed by atoms with van der Waals surface area (Å²) < 4.78 is 11.5. The molecule has 1 saturated heterocycles. The van der Waals surface area contributed by atoms with E-state index in [1.807, 2.05) is 54.6 Å². The van der Waals surface area contributed by atoms with E-state index in [0.29, 0.717) is 13.0 Å². The van der Waals surface area contributed by atoms with Gasteiger partial charge in [0.05, 0.1) is 12.2 Å². The van der Waals surface area contributed by atoms with E-state index < -0.39 is 0 Å². The molecular weight excluding hydrogens is 252 g/mol. The predicted molar refractivity (Wildman–Crippen MR) is 76.9 cm³/mol. The normalized spacial score (nSPS) is 22.4. The van der Waals surface area contributed by atoms with Gasteiger partial charge in [-0.1, -0.05) is 30.3 Å². The van der Waals surface area contributed by atoms with Crippen molar-refractivity contribution in [3.05, 3.63) is 60.2 Å². The molecule has 104 valence electrons. The molecule has 20 heavy (non-hydrogen) atoms. The molecule has 2 aromatic rings. The van der Waals surface area contributed by atoms with Crippen molar-refractivity contribution in [3.8, 4) is 11.5 Å². The quantitative estimate of drug-likeness (QED) is 0.924. The summed E-state index contributed by atoms with van der Waals surface area (Å²) >= 11 is 0. The summed E-state index contributed by atoms with van der Waals surface area (Å²) in [4.78, 5) is 0. The van der Waals surface area contributed by atoms with Crippen LogP contribution in [0.2, 0.25) is 0 Å². The van der Waals surface area contributed by atoms with Crippen LogP contribution in [0.3, 0.4) is 0 Å². The van der Waals surface area contributed by atoms with E-state index in [4.69, 9.17) is 9.47 Å². The van der Waals surface area contributed by atoms with Gasteiger partial charge in [0.15, 0.2) is 0 Å². The molecule has 1 aliphatic heterocycles. The zero-order chi connectivity index (χ0) is 13.8. The maximum Gasteiger partial charge on any atom is 0.127 e.